The molecule has 0 aliphatic rings. The Hall–Kier alpha value is -4.86. The van der Waals surface area contributed by atoms with E-state index < -0.39 is 40.1 Å². The molecule has 50 heavy (non-hydrogen) atoms. The van der Waals surface area contributed by atoms with Gasteiger partial charge in [-0.2, -0.15) is 0 Å². The maximum Gasteiger partial charge on any atom is 0.261 e. The van der Waals surface area contributed by atoms with Crippen LogP contribution in [0.5, 0.6) is 0 Å². The van der Waals surface area contributed by atoms with Crippen LogP contribution in [0.15, 0.2) is 117 Å². The molecule has 20 heteroatoms. The van der Waals surface area contributed by atoms with Crippen molar-refractivity contribution in [1.29, 1.82) is 0 Å². The summed E-state index contributed by atoms with van der Waals surface area (Å²) in [6, 6.07) is 20.5. The largest absolute Gasteiger partial charge is 0.326 e. The van der Waals surface area contributed by atoms with E-state index in [1.165, 1.54) is 97.1 Å². The highest BCUT2D eigenvalue weighted by atomic mass is 32.2. The molecule has 0 fully saturated rings. The Labute approximate surface area is 289 Å². The summed E-state index contributed by atoms with van der Waals surface area (Å²) in [4.78, 5) is 24.2. The zero-order chi connectivity index (χ0) is 36.7. The molecule has 0 unspecified atom stereocenters. The fourth-order valence-electron chi connectivity index (χ4n) is 4.31. The van der Waals surface area contributed by atoms with Gasteiger partial charge in [-0.05, 0) is 110 Å². The highest BCUT2D eigenvalue weighted by Gasteiger charge is 2.17. The number of rotatable bonds is 15. The third-order valence-electron chi connectivity index (χ3n) is 6.82. The monoisotopic (exact) mass is 764 g/mol. The van der Waals surface area contributed by atoms with E-state index in [9.17, 15) is 43.3 Å². The molecule has 4 aromatic rings. The molecule has 0 aromatic heterocycles. The molecule has 0 saturated carbocycles. The molecule has 4 rings (SSSR count). The highest BCUT2D eigenvalue weighted by molar-refractivity contribution is 7.93. The lowest BCUT2D eigenvalue weighted by Gasteiger charge is -2.10. The van der Waals surface area contributed by atoms with Crippen molar-refractivity contribution < 1.29 is 43.3 Å². The lowest BCUT2D eigenvalue weighted by atomic mass is 10.1. The van der Waals surface area contributed by atoms with Gasteiger partial charge in [-0.1, -0.05) is 0 Å². The van der Waals surface area contributed by atoms with Crippen LogP contribution in [0.3, 0.4) is 0 Å². The molecule has 2 amide bonds. The van der Waals surface area contributed by atoms with Crippen LogP contribution in [-0.2, 0) is 49.7 Å². The van der Waals surface area contributed by atoms with Crippen LogP contribution in [0.25, 0.3) is 0 Å². The average molecular weight is 765 g/mol. The first-order valence-electron chi connectivity index (χ1n) is 14.4. The molecular formula is C30H32N6O10S4. The molecule has 0 radical (unpaired) electrons. The Morgan fingerprint density at radius 1 is 0.420 bits per heavy atom. The SMILES string of the molecule is NS(=O)(=O)c1ccc(NS(=O)(=O)c2ccc(NC(=O)CCCCC(=O)Nc3ccc(S(=O)(=O)Nc4ccc(S(N)(=O)=O)cc4)cc3)cc2)cc1. The van der Waals surface area contributed by atoms with E-state index in [1.807, 2.05) is 0 Å². The van der Waals surface area contributed by atoms with E-state index >= 15 is 0 Å². The molecule has 0 saturated heterocycles. The van der Waals surface area contributed by atoms with E-state index in [0.717, 1.165) is 0 Å². The van der Waals surface area contributed by atoms with Crippen LogP contribution in [0.4, 0.5) is 22.7 Å². The van der Waals surface area contributed by atoms with Crippen molar-refractivity contribution in [2.45, 2.75) is 45.3 Å². The molecule has 0 heterocycles. The summed E-state index contributed by atoms with van der Waals surface area (Å²) in [7, 11) is -15.9. The maximum absolute atomic E-state index is 12.7. The predicted octanol–water partition coefficient (Wildman–Crippen LogP) is 2.72. The molecule has 266 valence electrons. The first kappa shape index (κ1) is 38.0. The summed E-state index contributed by atoms with van der Waals surface area (Å²) in [5.74, 6) is -0.695. The summed E-state index contributed by atoms with van der Waals surface area (Å²) in [5.41, 5.74) is 0.947. The number of anilines is 4. The van der Waals surface area contributed by atoms with Gasteiger partial charge >= 0.3 is 0 Å². The summed E-state index contributed by atoms with van der Waals surface area (Å²) in [6.45, 7) is 0. The Kier molecular flexibility index (Phi) is 11.7. The van der Waals surface area contributed by atoms with Crippen molar-refractivity contribution in [2.24, 2.45) is 10.3 Å². The van der Waals surface area contributed by atoms with Crippen molar-refractivity contribution in [3.05, 3.63) is 97.1 Å². The number of primary sulfonamides is 2. The minimum absolute atomic E-state index is 0.0910. The summed E-state index contributed by atoms with van der Waals surface area (Å²) >= 11 is 0. The second kappa shape index (κ2) is 15.4. The Balaban J connectivity index is 1.19. The topological polar surface area (TPSA) is 271 Å². The van der Waals surface area contributed by atoms with Crippen molar-refractivity contribution in [3.8, 4) is 0 Å². The van der Waals surface area contributed by atoms with E-state index in [-0.39, 0.29) is 55.6 Å². The third-order valence-corrected chi connectivity index (χ3v) is 11.5. The molecule has 16 nitrogen and oxygen atoms in total. The molecule has 8 N–H and O–H groups in total. The summed E-state index contributed by atoms with van der Waals surface area (Å²) in [6.07, 6.45) is 0.934. The van der Waals surface area contributed by atoms with E-state index in [1.54, 1.807) is 0 Å². The maximum atomic E-state index is 12.7. The van der Waals surface area contributed by atoms with Gasteiger partial charge < -0.3 is 10.6 Å². The molecule has 0 spiro atoms. The minimum Gasteiger partial charge on any atom is -0.326 e. The van der Waals surface area contributed by atoms with E-state index in [4.69, 9.17) is 10.3 Å². The number of nitrogens with two attached hydrogens (primary N) is 2. The van der Waals surface area contributed by atoms with Crippen LogP contribution in [0.1, 0.15) is 25.7 Å². The molecule has 0 aliphatic heterocycles. The number of hydrogen-bond acceptors (Lipinski definition) is 10. The summed E-state index contributed by atoms with van der Waals surface area (Å²) in [5, 5.41) is 15.4. The Morgan fingerprint density at radius 3 is 0.960 bits per heavy atom. The van der Waals surface area contributed by atoms with Gasteiger partial charge in [0.05, 0.1) is 19.6 Å². The lowest BCUT2D eigenvalue weighted by Crippen LogP contribution is -2.15. The Bertz CT molecular complexity index is 2130. The van der Waals surface area contributed by atoms with Crippen LogP contribution < -0.4 is 30.4 Å². The van der Waals surface area contributed by atoms with Crippen LogP contribution >= 0.6 is 0 Å². The smallest absolute Gasteiger partial charge is 0.261 e. The average Bonchev–Trinajstić information content (AvgIpc) is 3.03. The number of nitrogens with one attached hydrogen (secondary N) is 4. The number of sulfonamides is 4. The number of carbonyl (C=O) groups is 2. The van der Waals surface area contributed by atoms with Crippen LogP contribution in [0.2, 0.25) is 0 Å². The standard InChI is InChI=1S/C30H32N6O10S4/c31-47(39,40)25-13-9-23(10-14-25)35-49(43,44)27-17-5-21(6-18-27)33-29(37)3-1-2-4-30(38)34-22-7-19-28(20-8-22)50(45,46)36-24-11-15-26(16-12-24)48(32,41)42/h5-20,35-36H,1-4H2,(H,33,37)(H,34,38)(H2,31,39,40)(H2,32,41,42). The van der Waals surface area contributed by atoms with E-state index in [2.05, 4.69) is 20.1 Å². The molecular weight excluding hydrogens is 733 g/mol. The number of carbonyl (C=O) groups excluding carboxylic acids is 2. The molecule has 4 aromatic carbocycles. The Morgan fingerprint density at radius 2 is 0.680 bits per heavy atom. The van der Waals surface area contributed by atoms with Gasteiger partial charge in [-0.3, -0.25) is 19.0 Å². The van der Waals surface area contributed by atoms with Crippen molar-refractivity contribution in [3.63, 3.8) is 0 Å². The third kappa shape index (κ3) is 10.8. The van der Waals surface area contributed by atoms with E-state index in [0.29, 0.717) is 24.2 Å². The van der Waals surface area contributed by atoms with Crippen LogP contribution in [0, 0.1) is 0 Å². The molecule has 0 aliphatic carbocycles. The van der Waals surface area contributed by atoms with Crippen molar-refractivity contribution in [2.75, 3.05) is 20.1 Å². The fraction of sp³-hybridized carbons (Fsp3) is 0.133. The predicted molar refractivity (Wildman–Crippen MR) is 186 cm³/mol. The van der Waals surface area contributed by atoms with Gasteiger partial charge in [0.15, 0.2) is 0 Å². The van der Waals surface area contributed by atoms with Gasteiger partial charge in [0.1, 0.15) is 0 Å². The number of unbranched alkanes of at least 4 members (excludes halogenated alkanes) is 1. The van der Waals surface area contributed by atoms with Gasteiger partial charge in [-0.15, -0.1) is 0 Å². The molecule has 0 atom stereocenters. The second-order valence-corrected chi connectivity index (χ2v) is 17.2. The van der Waals surface area contributed by atoms with Crippen LogP contribution in [-0.4, -0.2) is 45.5 Å². The lowest BCUT2D eigenvalue weighted by molar-refractivity contribution is -0.118. The minimum atomic E-state index is -4.01. The van der Waals surface area contributed by atoms with Gasteiger partial charge in [0, 0.05) is 35.6 Å². The zero-order valence-corrected chi connectivity index (χ0v) is 29.2. The summed E-state index contributed by atoms with van der Waals surface area (Å²) < 4.78 is 101. The first-order chi connectivity index (χ1) is 23.3. The van der Waals surface area contributed by atoms with Gasteiger partial charge in [0.25, 0.3) is 20.0 Å². The fourth-order valence-corrected chi connectivity index (χ4v) is 7.45. The normalized spacial score (nSPS) is 12.1. The molecule has 0 bridgehead atoms. The zero-order valence-electron chi connectivity index (χ0n) is 25.9. The number of amides is 2. The number of hydrogen-bond donors (Lipinski definition) is 6. The first-order valence-corrected chi connectivity index (χ1v) is 20.5. The van der Waals surface area contributed by atoms with Gasteiger partial charge in [-0.25, -0.2) is 43.9 Å². The van der Waals surface area contributed by atoms with Crippen molar-refractivity contribution in [1.82, 2.24) is 0 Å². The van der Waals surface area contributed by atoms with Gasteiger partial charge in [0.2, 0.25) is 31.9 Å². The quantitative estimate of drug-likeness (QED) is 0.0964. The highest BCUT2D eigenvalue weighted by Crippen LogP contribution is 2.22. The number of benzene rings is 4. The second-order valence-electron chi connectivity index (χ2n) is 10.7. The van der Waals surface area contributed by atoms with Crippen molar-refractivity contribution >= 4 is 74.7 Å².